The number of ketones is 2. The third-order valence-electron chi connectivity index (χ3n) is 1.54. The van der Waals surface area contributed by atoms with Crippen molar-refractivity contribution in [1.82, 2.24) is 4.98 Å². The first kappa shape index (κ1) is 8.71. The van der Waals surface area contributed by atoms with E-state index >= 15 is 0 Å². The van der Waals surface area contributed by atoms with Gasteiger partial charge in [-0.2, -0.15) is 0 Å². The molecule has 0 radical (unpaired) electrons. The molecular weight excluding hydrogens is 154 g/mol. The highest BCUT2D eigenvalue weighted by atomic mass is 16.1. The quantitative estimate of drug-likeness (QED) is 0.544. The van der Waals surface area contributed by atoms with Crippen LogP contribution in [0.15, 0.2) is 12.1 Å². The van der Waals surface area contributed by atoms with E-state index in [-0.39, 0.29) is 18.0 Å². The van der Waals surface area contributed by atoms with Crippen molar-refractivity contribution in [2.75, 3.05) is 0 Å². The first-order chi connectivity index (χ1) is 5.59. The van der Waals surface area contributed by atoms with E-state index in [1.807, 2.05) is 13.0 Å². The number of aryl methyl sites for hydroxylation is 1. The number of aromatic nitrogens is 1. The van der Waals surface area contributed by atoms with Crippen molar-refractivity contribution in [3.8, 4) is 0 Å². The van der Waals surface area contributed by atoms with Gasteiger partial charge in [-0.15, -0.1) is 0 Å². The Morgan fingerprint density at radius 1 is 1.42 bits per heavy atom. The second-order valence-corrected chi connectivity index (χ2v) is 2.86. The topological polar surface area (TPSA) is 49.9 Å². The molecule has 1 aromatic heterocycles. The molecule has 1 heterocycles. The van der Waals surface area contributed by atoms with Crippen LogP contribution in [-0.2, 0) is 4.79 Å². The Hall–Kier alpha value is -1.38. The van der Waals surface area contributed by atoms with Crippen molar-refractivity contribution in [3.63, 3.8) is 0 Å². The van der Waals surface area contributed by atoms with Crippen LogP contribution in [0, 0.1) is 6.92 Å². The average Bonchev–Trinajstić information content (AvgIpc) is 2.34. The summed E-state index contributed by atoms with van der Waals surface area (Å²) in [5.41, 5.74) is 1.45. The van der Waals surface area contributed by atoms with E-state index in [1.54, 1.807) is 6.07 Å². The van der Waals surface area contributed by atoms with Gasteiger partial charge in [0.05, 0.1) is 12.1 Å². The molecule has 0 saturated heterocycles. The molecule has 0 aliphatic heterocycles. The maximum absolute atomic E-state index is 11.2. The predicted octanol–water partition coefficient (Wildman–Crippen LogP) is 1.48. The SMILES string of the molecule is CC(=O)CC(=O)c1ccc(C)[nH]1. The number of Topliss-reactive ketones (excluding diaryl/α,β-unsaturated/α-hetero) is 2. The van der Waals surface area contributed by atoms with Gasteiger partial charge in [-0.1, -0.05) is 0 Å². The number of H-pyrrole nitrogens is 1. The monoisotopic (exact) mass is 165 g/mol. The molecule has 0 aliphatic carbocycles. The summed E-state index contributed by atoms with van der Waals surface area (Å²) < 4.78 is 0. The Morgan fingerprint density at radius 2 is 2.08 bits per heavy atom. The molecule has 0 saturated carbocycles. The molecule has 0 unspecified atom stereocenters. The molecule has 1 N–H and O–H groups in total. The van der Waals surface area contributed by atoms with Crippen LogP contribution in [-0.4, -0.2) is 16.6 Å². The predicted molar refractivity (Wildman–Crippen MR) is 45.2 cm³/mol. The van der Waals surface area contributed by atoms with Crippen molar-refractivity contribution in [2.45, 2.75) is 20.3 Å². The molecule has 0 amide bonds. The lowest BCUT2D eigenvalue weighted by atomic mass is 10.2. The largest absolute Gasteiger partial charge is 0.356 e. The minimum absolute atomic E-state index is 0.0139. The maximum Gasteiger partial charge on any atom is 0.186 e. The number of carbonyl (C=O) groups is 2. The minimum atomic E-state index is -0.143. The Bertz CT molecular complexity index is 312. The summed E-state index contributed by atoms with van der Waals surface area (Å²) in [4.78, 5) is 24.7. The molecule has 1 rings (SSSR count). The van der Waals surface area contributed by atoms with Gasteiger partial charge in [0.1, 0.15) is 5.78 Å². The maximum atomic E-state index is 11.2. The fraction of sp³-hybridized carbons (Fsp3) is 0.333. The van der Waals surface area contributed by atoms with Gasteiger partial charge in [-0.3, -0.25) is 9.59 Å². The molecule has 0 fully saturated rings. The van der Waals surface area contributed by atoms with Gasteiger partial charge in [0, 0.05) is 5.69 Å². The Kier molecular flexibility index (Phi) is 2.43. The second-order valence-electron chi connectivity index (χ2n) is 2.86. The van der Waals surface area contributed by atoms with Crippen LogP contribution in [0.5, 0.6) is 0 Å². The molecular formula is C9H11NO2. The van der Waals surface area contributed by atoms with Gasteiger partial charge in [0.2, 0.25) is 0 Å². The molecule has 64 valence electrons. The van der Waals surface area contributed by atoms with Crippen LogP contribution < -0.4 is 0 Å². The Balaban J connectivity index is 2.72. The van der Waals surface area contributed by atoms with Crippen molar-refractivity contribution in [3.05, 3.63) is 23.5 Å². The fourth-order valence-electron chi connectivity index (χ4n) is 0.988. The highest BCUT2D eigenvalue weighted by molar-refractivity contribution is 6.06. The van der Waals surface area contributed by atoms with E-state index in [9.17, 15) is 9.59 Å². The van der Waals surface area contributed by atoms with Crippen molar-refractivity contribution in [1.29, 1.82) is 0 Å². The van der Waals surface area contributed by atoms with Gasteiger partial charge >= 0.3 is 0 Å². The standard InChI is InChI=1S/C9H11NO2/c1-6-3-4-8(10-6)9(12)5-7(2)11/h3-4,10H,5H2,1-2H3. The summed E-state index contributed by atoms with van der Waals surface area (Å²) in [6.45, 7) is 3.28. The van der Waals surface area contributed by atoms with E-state index in [1.165, 1.54) is 6.92 Å². The fourth-order valence-corrected chi connectivity index (χ4v) is 0.988. The van der Waals surface area contributed by atoms with Crippen LogP contribution in [0.3, 0.4) is 0 Å². The van der Waals surface area contributed by atoms with Crippen LogP contribution in [0.4, 0.5) is 0 Å². The number of carbonyl (C=O) groups excluding carboxylic acids is 2. The van der Waals surface area contributed by atoms with Gasteiger partial charge < -0.3 is 4.98 Å². The summed E-state index contributed by atoms with van der Waals surface area (Å²) in [5.74, 6) is -0.247. The number of hydrogen-bond donors (Lipinski definition) is 1. The van der Waals surface area contributed by atoms with E-state index < -0.39 is 0 Å². The summed E-state index contributed by atoms with van der Waals surface area (Å²) in [6.07, 6.45) is -0.0139. The molecule has 0 aromatic carbocycles. The molecule has 0 bridgehead atoms. The van der Waals surface area contributed by atoms with E-state index in [4.69, 9.17) is 0 Å². The lowest BCUT2D eigenvalue weighted by Gasteiger charge is -1.92. The Morgan fingerprint density at radius 3 is 2.50 bits per heavy atom. The normalized spacial score (nSPS) is 9.83. The van der Waals surface area contributed by atoms with Gasteiger partial charge in [-0.25, -0.2) is 0 Å². The number of aromatic amines is 1. The van der Waals surface area contributed by atoms with Gasteiger partial charge in [-0.05, 0) is 26.0 Å². The minimum Gasteiger partial charge on any atom is -0.356 e. The molecule has 3 nitrogen and oxygen atoms in total. The first-order valence-electron chi connectivity index (χ1n) is 3.78. The van der Waals surface area contributed by atoms with E-state index in [0.29, 0.717) is 5.69 Å². The first-order valence-corrected chi connectivity index (χ1v) is 3.78. The summed E-state index contributed by atoms with van der Waals surface area (Å²) >= 11 is 0. The zero-order valence-electron chi connectivity index (χ0n) is 7.18. The average molecular weight is 165 g/mol. The Labute approximate surface area is 70.8 Å². The third kappa shape index (κ3) is 2.05. The summed E-state index contributed by atoms with van der Waals surface area (Å²) in [5, 5.41) is 0. The molecule has 3 heteroatoms. The second kappa shape index (κ2) is 3.34. The zero-order valence-corrected chi connectivity index (χ0v) is 7.18. The molecule has 1 aromatic rings. The molecule has 0 spiro atoms. The van der Waals surface area contributed by atoms with Crippen LogP contribution in [0.25, 0.3) is 0 Å². The lowest BCUT2D eigenvalue weighted by molar-refractivity contribution is -0.116. The third-order valence-corrected chi connectivity index (χ3v) is 1.54. The van der Waals surface area contributed by atoms with Crippen LogP contribution >= 0.6 is 0 Å². The summed E-state index contributed by atoms with van der Waals surface area (Å²) in [6, 6.07) is 3.51. The number of nitrogens with one attached hydrogen (secondary N) is 1. The van der Waals surface area contributed by atoms with Crippen molar-refractivity contribution in [2.24, 2.45) is 0 Å². The van der Waals surface area contributed by atoms with E-state index in [2.05, 4.69) is 4.98 Å². The smallest absolute Gasteiger partial charge is 0.186 e. The van der Waals surface area contributed by atoms with Crippen molar-refractivity contribution >= 4 is 11.6 Å². The van der Waals surface area contributed by atoms with E-state index in [0.717, 1.165) is 5.69 Å². The highest BCUT2D eigenvalue weighted by Crippen LogP contribution is 2.03. The van der Waals surface area contributed by atoms with Gasteiger partial charge in [0.25, 0.3) is 0 Å². The lowest BCUT2D eigenvalue weighted by Crippen LogP contribution is -2.04. The van der Waals surface area contributed by atoms with Crippen LogP contribution in [0.1, 0.15) is 29.5 Å². The van der Waals surface area contributed by atoms with Crippen molar-refractivity contribution < 1.29 is 9.59 Å². The van der Waals surface area contributed by atoms with Crippen LogP contribution in [0.2, 0.25) is 0 Å². The number of hydrogen-bond acceptors (Lipinski definition) is 2. The number of rotatable bonds is 3. The molecule has 0 aliphatic rings. The summed E-state index contributed by atoms with van der Waals surface area (Å²) in [7, 11) is 0. The zero-order chi connectivity index (χ0) is 9.14. The van der Waals surface area contributed by atoms with Gasteiger partial charge in [0.15, 0.2) is 5.78 Å². The molecule has 12 heavy (non-hydrogen) atoms. The highest BCUT2D eigenvalue weighted by Gasteiger charge is 2.09. The molecule has 0 atom stereocenters.